The maximum Gasteiger partial charge on any atom is 0.338 e. The molecule has 2 aromatic carbocycles. The van der Waals surface area contributed by atoms with Crippen molar-refractivity contribution >= 4 is 5.97 Å². The molecule has 2 atom stereocenters. The Kier molecular flexibility index (Phi) is 7.46. The number of hydrogen-bond acceptors (Lipinski definition) is 3. The van der Waals surface area contributed by atoms with Gasteiger partial charge in [0.05, 0.1) is 7.11 Å². The largest absolute Gasteiger partial charge is 0.467 e. The maximum absolute atomic E-state index is 11.6. The first-order valence-electron chi connectivity index (χ1n) is 10.1. The highest BCUT2D eigenvalue weighted by Gasteiger charge is 2.47. The van der Waals surface area contributed by atoms with Gasteiger partial charge in [0, 0.05) is 0 Å². The monoisotopic (exact) mass is 366 g/mol. The zero-order valence-corrected chi connectivity index (χ0v) is 16.2. The topological polar surface area (TPSA) is 38.8 Å². The predicted octanol–water partition coefficient (Wildman–Crippen LogP) is 5.43. The summed E-state index contributed by atoms with van der Waals surface area (Å²) in [6.45, 7) is 0. The molecule has 3 rings (SSSR count). The fourth-order valence-electron chi connectivity index (χ4n) is 3.68. The Hall–Kier alpha value is -2.13. The van der Waals surface area contributed by atoms with Gasteiger partial charge in [0.25, 0.3) is 0 Å². The standard InChI is InChI=1S/C24H30O3/c1-26-24(25)23-22(27-23)21-18-12-11-17-20(21)16-10-5-3-2-4-7-13-19-14-8-6-9-15-19/h6,8-9,11-12,14-15,17-18,22-23H,2-5,7,10,13,16H2,1H3/t22?,23-/m1/s1. The number of aryl methyl sites for hydroxylation is 2. The van der Waals surface area contributed by atoms with Crippen LogP contribution in [0.4, 0.5) is 0 Å². The van der Waals surface area contributed by atoms with Gasteiger partial charge in [-0.1, -0.05) is 80.3 Å². The summed E-state index contributed by atoms with van der Waals surface area (Å²) in [5.74, 6) is -0.273. The molecule has 1 aliphatic rings. The van der Waals surface area contributed by atoms with Crippen LogP contribution in [0.5, 0.6) is 0 Å². The van der Waals surface area contributed by atoms with Crippen molar-refractivity contribution in [3.05, 3.63) is 71.3 Å². The van der Waals surface area contributed by atoms with Crippen LogP contribution in [0.3, 0.4) is 0 Å². The van der Waals surface area contributed by atoms with Crippen LogP contribution in [0.2, 0.25) is 0 Å². The number of benzene rings is 2. The summed E-state index contributed by atoms with van der Waals surface area (Å²) in [4.78, 5) is 11.6. The second kappa shape index (κ2) is 10.3. The minimum atomic E-state index is -0.416. The molecule has 0 N–H and O–H groups in total. The molecule has 1 unspecified atom stereocenters. The van der Waals surface area contributed by atoms with Crippen molar-refractivity contribution in [3.63, 3.8) is 0 Å². The molecule has 3 heteroatoms. The molecule has 0 radical (unpaired) electrons. The second-order valence-corrected chi connectivity index (χ2v) is 7.31. The number of rotatable bonds is 11. The number of carbonyl (C=O) groups excluding carboxylic acids is 1. The quantitative estimate of drug-likeness (QED) is 0.302. The van der Waals surface area contributed by atoms with Crippen LogP contribution in [0, 0.1) is 0 Å². The summed E-state index contributed by atoms with van der Waals surface area (Å²) >= 11 is 0. The third kappa shape index (κ3) is 5.93. The van der Waals surface area contributed by atoms with Crippen LogP contribution in [0.15, 0.2) is 54.6 Å². The van der Waals surface area contributed by atoms with E-state index in [1.165, 1.54) is 63.2 Å². The molecule has 1 heterocycles. The molecule has 0 saturated carbocycles. The Morgan fingerprint density at radius 3 is 2.22 bits per heavy atom. The van der Waals surface area contributed by atoms with Gasteiger partial charge in [-0.25, -0.2) is 4.79 Å². The smallest absolute Gasteiger partial charge is 0.338 e. The van der Waals surface area contributed by atoms with Crippen LogP contribution < -0.4 is 0 Å². The van der Waals surface area contributed by atoms with Crippen LogP contribution in [-0.2, 0) is 27.1 Å². The predicted molar refractivity (Wildman–Crippen MR) is 108 cm³/mol. The number of methoxy groups -OCH3 is 1. The number of carbonyl (C=O) groups is 1. The minimum absolute atomic E-state index is 0.119. The van der Waals surface area contributed by atoms with Gasteiger partial charge in [-0.3, -0.25) is 0 Å². The fourth-order valence-corrected chi connectivity index (χ4v) is 3.68. The first-order valence-corrected chi connectivity index (χ1v) is 10.1. The molecule has 1 aliphatic heterocycles. The van der Waals surface area contributed by atoms with Gasteiger partial charge in [-0.15, -0.1) is 0 Å². The fraction of sp³-hybridized carbons (Fsp3) is 0.458. The maximum atomic E-state index is 11.6. The minimum Gasteiger partial charge on any atom is -0.467 e. The Morgan fingerprint density at radius 2 is 1.48 bits per heavy atom. The van der Waals surface area contributed by atoms with Crippen LogP contribution in [0.1, 0.15) is 61.3 Å². The molecule has 1 fully saturated rings. The Balaban J connectivity index is 1.31. The number of epoxide rings is 1. The highest BCUT2D eigenvalue weighted by molar-refractivity contribution is 5.78. The first-order chi connectivity index (χ1) is 13.3. The van der Waals surface area contributed by atoms with Gasteiger partial charge in [0.15, 0.2) is 6.10 Å². The Morgan fingerprint density at radius 1 is 0.852 bits per heavy atom. The van der Waals surface area contributed by atoms with E-state index in [9.17, 15) is 4.79 Å². The molecule has 0 bridgehead atoms. The molecule has 144 valence electrons. The summed E-state index contributed by atoms with van der Waals surface area (Å²) in [7, 11) is 1.41. The summed E-state index contributed by atoms with van der Waals surface area (Å²) in [6, 6.07) is 19.1. The second-order valence-electron chi connectivity index (χ2n) is 7.31. The van der Waals surface area contributed by atoms with Crippen molar-refractivity contribution in [3.8, 4) is 0 Å². The third-order valence-corrected chi connectivity index (χ3v) is 5.29. The highest BCUT2D eigenvalue weighted by atomic mass is 16.6. The summed E-state index contributed by atoms with van der Waals surface area (Å²) in [5, 5.41) is 0. The van der Waals surface area contributed by atoms with Gasteiger partial charge in [0.1, 0.15) is 6.10 Å². The normalized spacial score (nSPS) is 18.3. The van der Waals surface area contributed by atoms with E-state index in [1.807, 2.05) is 6.07 Å². The van der Waals surface area contributed by atoms with Gasteiger partial charge in [0.2, 0.25) is 0 Å². The molecule has 0 amide bonds. The van der Waals surface area contributed by atoms with Crippen molar-refractivity contribution < 1.29 is 14.3 Å². The van der Waals surface area contributed by atoms with E-state index in [4.69, 9.17) is 9.47 Å². The molecule has 3 nitrogen and oxygen atoms in total. The van der Waals surface area contributed by atoms with Crippen LogP contribution in [-0.4, -0.2) is 19.2 Å². The Labute approximate surface area is 162 Å². The molecule has 0 aromatic heterocycles. The number of unbranched alkanes of at least 4 members (excludes halogenated alkanes) is 5. The lowest BCUT2D eigenvalue weighted by Gasteiger charge is -2.07. The number of hydrogen-bond donors (Lipinski definition) is 0. The molecule has 0 spiro atoms. The third-order valence-electron chi connectivity index (χ3n) is 5.29. The average molecular weight is 367 g/mol. The molecule has 0 aliphatic carbocycles. The molecule has 2 aromatic rings. The van der Waals surface area contributed by atoms with Crippen molar-refractivity contribution in [1.82, 2.24) is 0 Å². The van der Waals surface area contributed by atoms with Crippen molar-refractivity contribution in [2.75, 3.05) is 7.11 Å². The summed E-state index contributed by atoms with van der Waals surface area (Å²) in [6.07, 6.45) is 9.34. The van der Waals surface area contributed by atoms with Gasteiger partial charge in [-0.05, 0) is 42.4 Å². The average Bonchev–Trinajstić information content (AvgIpc) is 3.51. The van der Waals surface area contributed by atoms with Crippen molar-refractivity contribution in [2.45, 2.75) is 63.6 Å². The highest BCUT2D eigenvalue weighted by Crippen LogP contribution is 2.41. The van der Waals surface area contributed by atoms with E-state index < -0.39 is 6.10 Å². The SMILES string of the molecule is COC(=O)[C@@H]1OC1c1ccccc1CCCCCCCCc1ccccc1. The zero-order valence-electron chi connectivity index (χ0n) is 16.2. The van der Waals surface area contributed by atoms with Gasteiger partial charge >= 0.3 is 5.97 Å². The molecular weight excluding hydrogens is 336 g/mol. The van der Waals surface area contributed by atoms with Crippen molar-refractivity contribution in [1.29, 1.82) is 0 Å². The summed E-state index contributed by atoms with van der Waals surface area (Å²) < 4.78 is 10.3. The van der Waals surface area contributed by atoms with E-state index in [2.05, 4.69) is 48.5 Å². The van der Waals surface area contributed by atoms with E-state index in [0.717, 1.165) is 12.0 Å². The van der Waals surface area contributed by atoms with Gasteiger partial charge in [-0.2, -0.15) is 0 Å². The van der Waals surface area contributed by atoms with E-state index in [-0.39, 0.29) is 12.1 Å². The lowest BCUT2D eigenvalue weighted by atomic mass is 9.97. The summed E-state index contributed by atoms with van der Waals surface area (Å²) in [5.41, 5.74) is 3.90. The lowest BCUT2D eigenvalue weighted by Crippen LogP contribution is -2.09. The van der Waals surface area contributed by atoms with Crippen LogP contribution >= 0.6 is 0 Å². The van der Waals surface area contributed by atoms with E-state index >= 15 is 0 Å². The van der Waals surface area contributed by atoms with Gasteiger partial charge < -0.3 is 9.47 Å². The zero-order chi connectivity index (χ0) is 18.9. The lowest BCUT2D eigenvalue weighted by molar-refractivity contribution is -0.142. The van der Waals surface area contributed by atoms with E-state index in [1.54, 1.807) is 0 Å². The number of ether oxygens (including phenoxy) is 2. The first kappa shape index (κ1) is 19.6. The molecule has 1 saturated heterocycles. The number of esters is 1. The molecule has 27 heavy (non-hydrogen) atoms. The van der Waals surface area contributed by atoms with Crippen molar-refractivity contribution in [2.24, 2.45) is 0 Å². The molecular formula is C24H30O3. The van der Waals surface area contributed by atoms with E-state index in [0.29, 0.717) is 0 Å². The Bertz CT molecular complexity index is 711. The van der Waals surface area contributed by atoms with Crippen LogP contribution in [0.25, 0.3) is 0 Å².